The highest BCUT2D eigenvalue weighted by Gasteiger charge is 2.66. The minimum absolute atomic E-state index is 0.0255. The summed E-state index contributed by atoms with van der Waals surface area (Å²) in [6, 6.07) is 0. The molecule has 1 rings (SSSR count). The van der Waals surface area contributed by atoms with Crippen LogP contribution in [0, 0.1) is 11.3 Å². The van der Waals surface area contributed by atoms with Crippen LogP contribution in [0.3, 0.4) is 0 Å². The van der Waals surface area contributed by atoms with Crippen molar-refractivity contribution in [1.82, 2.24) is 0 Å². The van der Waals surface area contributed by atoms with Gasteiger partial charge in [0.25, 0.3) is 0 Å². The van der Waals surface area contributed by atoms with Crippen molar-refractivity contribution in [2.45, 2.75) is 26.2 Å². The first-order valence-electron chi connectivity index (χ1n) is 4.41. The number of rotatable bonds is 4. The molecule has 0 saturated heterocycles. The van der Waals surface area contributed by atoms with Gasteiger partial charge in [-0.1, -0.05) is 13.3 Å². The van der Waals surface area contributed by atoms with Crippen molar-refractivity contribution >= 4 is 11.9 Å². The Bertz CT molecular complexity index is 236. The van der Waals surface area contributed by atoms with Gasteiger partial charge < -0.3 is 9.84 Å². The van der Waals surface area contributed by atoms with Crippen LogP contribution in [-0.4, -0.2) is 24.2 Å². The Labute approximate surface area is 76.9 Å². The van der Waals surface area contributed by atoms with Crippen LogP contribution in [0.1, 0.15) is 26.2 Å². The van der Waals surface area contributed by atoms with Crippen LogP contribution in [-0.2, 0) is 14.3 Å². The standard InChI is InChI=1S/C9H14O4/c1-3-4-6-5-9(6,7(10)11)8(12)13-2/h6H,3-5H2,1-2H3,(H,10,11). The first-order valence-corrected chi connectivity index (χ1v) is 4.41. The number of carbonyl (C=O) groups is 2. The van der Waals surface area contributed by atoms with E-state index < -0.39 is 17.4 Å². The van der Waals surface area contributed by atoms with E-state index in [4.69, 9.17) is 5.11 Å². The summed E-state index contributed by atoms with van der Waals surface area (Å²) in [7, 11) is 1.23. The van der Waals surface area contributed by atoms with Crippen LogP contribution in [0.2, 0.25) is 0 Å². The monoisotopic (exact) mass is 186 g/mol. The zero-order valence-corrected chi connectivity index (χ0v) is 7.87. The van der Waals surface area contributed by atoms with Crippen LogP contribution in [0.5, 0.6) is 0 Å². The van der Waals surface area contributed by atoms with Crippen LogP contribution in [0.25, 0.3) is 0 Å². The summed E-state index contributed by atoms with van der Waals surface area (Å²) in [6.45, 7) is 1.97. The second kappa shape index (κ2) is 3.36. The number of hydrogen-bond acceptors (Lipinski definition) is 3. The van der Waals surface area contributed by atoms with Gasteiger partial charge in [-0.3, -0.25) is 9.59 Å². The molecule has 2 unspecified atom stereocenters. The number of carboxylic acid groups (broad SMARTS) is 1. The van der Waals surface area contributed by atoms with Crippen LogP contribution >= 0.6 is 0 Å². The molecule has 0 amide bonds. The topological polar surface area (TPSA) is 63.6 Å². The minimum Gasteiger partial charge on any atom is -0.480 e. The summed E-state index contributed by atoms with van der Waals surface area (Å²) in [4.78, 5) is 22.1. The molecule has 1 fully saturated rings. The Morgan fingerprint density at radius 1 is 1.62 bits per heavy atom. The van der Waals surface area contributed by atoms with Crippen molar-refractivity contribution in [1.29, 1.82) is 0 Å². The molecule has 1 aliphatic carbocycles. The molecule has 0 radical (unpaired) electrons. The maximum atomic E-state index is 11.2. The number of hydrogen-bond donors (Lipinski definition) is 1. The molecule has 0 heterocycles. The van der Waals surface area contributed by atoms with Gasteiger partial charge in [-0.2, -0.15) is 0 Å². The third-order valence-electron chi connectivity index (χ3n) is 2.67. The molecule has 1 saturated carbocycles. The smallest absolute Gasteiger partial charge is 0.323 e. The average Bonchev–Trinajstić information content (AvgIpc) is 2.80. The lowest BCUT2D eigenvalue weighted by molar-refractivity contribution is -0.160. The van der Waals surface area contributed by atoms with Crippen LogP contribution < -0.4 is 0 Å². The first kappa shape index (κ1) is 10.0. The maximum Gasteiger partial charge on any atom is 0.323 e. The van der Waals surface area contributed by atoms with Crippen molar-refractivity contribution in [3.05, 3.63) is 0 Å². The number of esters is 1. The highest BCUT2D eigenvalue weighted by Crippen LogP contribution is 2.56. The zero-order chi connectivity index (χ0) is 10.1. The highest BCUT2D eigenvalue weighted by atomic mass is 16.5. The predicted octanol–water partition coefficient (Wildman–Crippen LogP) is 1.05. The van der Waals surface area contributed by atoms with Gasteiger partial charge in [0.05, 0.1) is 7.11 Å². The lowest BCUT2D eigenvalue weighted by atomic mass is 10.0. The lowest BCUT2D eigenvalue weighted by Gasteiger charge is -2.08. The number of carboxylic acids is 1. The summed E-state index contributed by atoms with van der Waals surface area (Å²) in [5.41, 5.74) is -1.22. The molecular formula is C9H14O4. The van der Waals surface area contributed by atoms with E-state index in [-0.39, 0.29) is 5.92 Å². The van der Waals surface area contributed by atoms with E-state index in [1.807, 2.05) is 6.92 Å². The third-order valence-corrected chi connectivity index (χ3v) is 2.67. The predicted molar refractivity (Wildman–Crippen MR) is 45.1 cm³/mol. The molecule has 0 aromatic rings. The second-order valence-corrected chi connectivity index (χ2v) is 3.46. The Balaban J connectivity index is 2.71. The van der Waals surface area contributed by atoms with Crippen LogP contribution in [0.15, 0.2) is 0 Å². The Morgan fingerprint density at radius 3 is 2.62 bits per heavy atom. The van der Waals surface area contributed by atoms with Gasteiger partial charge in [-0.25, -0.2) is 0 Å². The molecular weight excluding hydrogens is 172 g/mol. The Kier molecular flexibility index (Phi) is 2.59. The van der Waals surface area contributed by atoms with Gasteiger partial charge in [-0.15, -0.1) is 0 Å². The molecule has 13 heavy (non-hydrogen) atoms. The van der Waals surface area contributed by atoms with Gasteiger partial charge in [0.15, 0.2) is 5.41 Å². The van der Waals surface area contributed by atoms with Crippen molar-refractivity contribution in [2.75, 3.05) is 7.11 Å². The third kappa shape index (κ3) is 1.41. The van der Waals surface area contributed by atoms with E-state index in [9.17, 15) is 9.59 Å². The summed E-state index contributed by atoms with van der Waals surface area (Å²) >= 11 is 0. The molecule has 1 N–H and O–H groups in total. The van der Waals surface area contributed by atoms with Gasteiger partial charge in [-0.05, 0) is 18.8 Å². The lowest BCUT2D eigenvalue weighted by Crippen LogP contribution is -2.29. The molecule has 4 heteroatoms. The van der Waals surface area contributed by atoms with Crippen molar-refractivity contribution in [2.24, 2.45) is 11.3 Å². The molecule has 0 bridgehead atoms. The summed E-state index contributed by atoms with van der Waals surface area (Å²) in [6.07, 6.45) is 2.11. The number of ether oxygens (including phenoxy) is 1. The number of carbonyl (C=O) groups excluding carboxylic acids is 1. The SMILES string of the molecule is CCCC1CC1(C(=O)O)C(=O)OC. The van der Waals surface area contributed by atoms with Crippen LogP contribution in [0.4, 0.5) is 0 Å². The fourth-order valence-corrected chi connectivity index (χ4v) is 1.81. The Hall–Kier alpha value is -1.06. The van der Waals surface area contributed by atoms with Crippen molar-refractivity contribution < 1.29 is 19.4 Å². The second-order valence-electron chi connectivity index (χ2n) is 3.46. The summed E-state index contributed by atoms with van der Waals surface area (Å²) < 4.78 is 4.50. The van der Waals surface area contributed by atoms with Gasteiger partial charge in [0, 0.05) is 0 Å². The summed E-state index contributed by atoms with van der Waals surface area (Å²) in [5, 5.41) is 8.90. The van der Waals surface area contributed by atoms with Crippen molar-refractivity contribution in [3.8, 4) is 0 Å². The van der Waals surface area contributed by atoms with E-state index in [1.54, 1.807) is 0 Å². The average molecular weight is 186 g/mol. The largest absolute Gasteiger partial charge is 0.480 e. The normalized spacial score (nSPS) is 31.1. The van der Waals surface area contributed by atoms with E-state index in [0.29, 0.717) is 6.42 Å². The molecule has 2 atom stereocenters. The van der Waals surface area contributed by atoms with Gasteiger partial charge in [0.1, 0.15) is 0 Å². The van der Waals surface area contributed by atoms with Gasteiger partial charge in [0.2, 0.25) is 0 Å². The number of methoxy groups -OCH3 is 1. The van der Waals surface area contributed by atoms with E-state index in [1.165, 1.54) is 7.11 Å². The van der Waals surface area contributed by atoms with Gasteiger partial charge >= 0.3 is 11.9 Å². The quantitative estimate of drug-likeness (QED) is 0.526. The van der Waals surface area contributed by atoms with E-state index in [0.717, 1.165) is 12.8 Å². The fourth-order valence-electron chi connectivity index (χ4n) is 1.81. The fraction of sp³-hybridized carbons (Fsp3) is 0.778. The molecule has 4 nitrogen and oxygen atoms in total. The van der Waals surface area contributed by atoms with E-state index in [2.05, 4.69) is 4.74 Å². The first-order chi connectivity index (χ1) is 6.09. The van der Waals surface area contributed by atoms with E-state index >= 15 is 0 Å². The zero-order valence-electron chi connectivity index (χ0n) is 7.87. The molecule has 0 aromatic heterocycles. The molecule has 0 aromatic carbocycles. The summed E-state index contributed by atoms with van der Waals surface area (Å²) in [5.74, 6) is -1.67. The Morgan fingerprint density at radius 2 is 2.23 bits per heavy atom. The molecule has 74 valence electrons. The molecule has 0 aliphatic heterocycles. The molecule has 0 spiro atoms. The number of aliphatic carboxylic acids is 1. The van der Waals surface area contributed by atoms with Crippen molar-refractivity contribution in [3.63, 3.8) is 0 Å². The highest BCUT2D eigenvalue weighted by molar-refractivity contribution is 6.02. The maximum absolute atomic E-state index is 11.2. The molecule has 1 aliphatic rings. The minimum atomic E-state index is -1.22.